The van der Waals surface area contributed by atoms with Crippen LogP contribution < -0.4 is 4.74 Å². The molecule has 6 rings (SSSR count). The molecule has 1 amide bonds. The number of imidazole rings is 1. The molecule has 0 radical (unpaired) electrons. The quantitative estimate of drug-likeness (QED) is 0.180. The second-order valence-electron chi connectivity index (χ2n) is 11.1. The highest BCUT2D eigenvalue weighted by atomic mass is 16.5. The Balaban J connectivity index is 1.31. The van der Waals surface area contributed by atoms with Crippen LogP contribution in [-0.2, 0) is 9.59 Å². The third-order valence-corrected chi connectivity index (χ3v) is 8.23. The van der Waals surface area contributed by atoms with Crippen LogP contribution in [0, 0.1) is 0 Å². The largest absolute Gasteiger partial charge is 0.488 e. The van der Waals surface area contributed by atoms with Crippen molar-refractivity contribution in [3.63, 3.8) is 0 Å². The zero-order valence-electron chi connectivity index (χ0n) is 24.5. The van der Waals surface area contributed by atoms with Gasteiger partial charge in [0, 0.05) is 12.0 Å². The summed E-state index contributed by atoms with van der Waals surface area (Å²) in [6.45, 7) is 2.36. The number of para-hydroxylation sites is 1. The highest BCUT2D eigenvalue weighted by Gasteiger charge is 2.43. The van der Waals surface area contributed by atoms with E-state index in [0.29, 0.717) is 18.0 Å². The third-order valence-electron chi connectivity index (χ3n) is 8.23. The van der Waals surface area contributed by atoms with Gasteiger partial charge in [0.25, 0.3) is 0 Å². The van der Waals surface area contributed by atoms with E-state index in [1.807, 2.05) is 77.4 Å². The summed E-state index contributed by atoms with van der Waals surface area (Å²) in [5, 5.41) is 24.6. The second kappa shape index (κ2) is 13.1. The van der Waals surface area contributed by atoms with Crippen LogP contribution in [0.25, 0.3) is 33.5 Å². The van der Waals surface area contributed by atoms with E-state index in [1.54, 1.807) is 6.33 Å². The van der Waals surface area contributed by atoms with Crippen molar-refractivity contribution in [2.75, 3.05) is 6.54 Å². The standard InChI is InChI=1S/C33H35N7O4/c1-2-3-4-8-15-29(32(41)39-20-24(19-30(39)33(42)43)44-23-11-6-5-7-12-23)40-21-34-27-18-22(16-17-28(27)40)25-13-9-10-14-26(25)31-35-37-38-36-31/h5-7,9-14,16-18,21,24,29-30H,2-4,8,15,19-20H2,1H3,(H,42,43)(H,35,36,37,38)/t24?,29?,30-/m0/s1. The first-order valence-electron chi connectivity index (χ1n) is 15.1. The lowest BCUT2D eigenvalue weighted by Gasteiger charge is -2.28. The van der Waals surface area contributed by atoms with Gasteiger partial charge in [0.2, 0.25) is 11.7 Å². The summed E-state index contributed by atoms with van der Waals surface area (Å²) in [5.41, 5.74) is 4.25. The molecule has 3 atom stereocenters. The fraction of sp³-hybridized carbons (Fsp3) is 0.333. The van der Waals surface area contributed by atoms with Crippen LogP contribution in [-0.4, -0.2) is 70.7 Å². The van der Waals surface area contributed by atoms with Crippen molar-refractivity contribution in [2.24, 2.45) is 0 Å². The molecule has 2 aromatic heterocycles. The number of likely N-dealkylation sites (tertiary alicyclic amines) is 1. The SMILES string of the molecule is CCCCCCC(C(=O)N1CC(Oc2ccccc2)C[C@H]1C(=O)O)n1cnc2cc(-c3ccccc3-c3nn[nH]n3)ccc21. The van der Waals surface area contributed by atoms with Crippen LogP contribution in [0.4, 0.5) is 0 Å². The number of hydrogen-bond acceptors (Lipinski definition) is 7. The molecule has 3 aromatic carbocycles. The number of H-pyrrole nitrogens is 1. The number of benzene rings is 3. The van der Waals surface area contributed by atoms with Crippen molar-refractivity contribution >= 4 is 22.9 Å². The first-order chi connectivity index (χ1) is 21.5. The minimum atomic E-state index is -1.03. The number of carbonyl (C=O) groups is 2. The highest BCUT2D eigenvalue weighted by molar-refractivity contribution is 5.90. The van der Waals surface area contributed by atoms with E-state index >= 15 is 0 Å². The van der Waals surface area contributed by atoms with Crippen LogP contribution in [0.2, 0.25) is 0 Å². The molecule has 3 heterocycles. The zero-order chi connectivity index (χ0) is 30.5. The van der Waals surface area contributed by atoms with Crippen LogP contribution in [0.3, 0.4) is 0 Å². The smallest absolute Gasteiger partial charge is 0.326 e. The number of carboxylic acids is 1. The van der Waals surface area contributed by atoms with Crippen LogP contribution in [0.5, 0.6) is 5.75 Å². The van der Waals surface area contributed by atoms with E-state index < -0.39 is 24.2 Å². The Morgan fingerprint density at radius 3 is 2.57 bits per heavy atom. The van der Waals surface area contributed by atoms with Gasteiger partial charge in [0.15, 0.2) is 0 Å². The topological polar surface area (TPSA) is 139 Å². The molecule has 0 spiro atoms. The molecule has 2 unspecified atom stereocenters. The molecule has 0 saturated carbocycles. The number of amides is 1. The van der Waals surface area contributed by atoms with E-state index in [4.69, 9.17) is 9.72 Å². The number of carboxylic acid groups (broad SMARTS) is 1. The van der Waals surface area contributed by atoms with E-state index in [9.17, 15) is 14.7 Å². The Labute approximate surface area is 254 Å². The Hall–Kier alpha value is -5.06. The average molecular weight is 594 g/mol. The molecule has 226 valence electrons. The van der Waals surface area contributed by atoms with Gasteiger partial charge in [-0.3, -0.25) is 4.79 Å². The normalized spacial score (nSPS) is 17.2. The number of hydrogen-bond donors (Lipinski definition) is 2. The maximum Gasteiger partial charge on any atom is 0.326 e. The minimum absolute atomic E-state index is 0.208. The Morgan fingerprint density at radius 1 is 1.02 bits per heavy atom. The molecule has 1 aliphatic rings. The lowest BCUT2D eigenvalue weighted by Crippen LogP contribution is -2.44. The van der Waals surface area contributed by atoms with Gasteiger partial charge in [-0.1, -0.05) is 81.1 Å². The summed E-state index contributed by atoms with van der Waals surface area (Å²) in [4.78, 5) is 32.8. The lowest BCUT2D eigenvalue weighted by atomic mass is 9.98. The maximum absolute atomic E-state index is 14.3. The molecule has 0 aliphatic carbocycles. The minimum Gasteiger partial charge on any atom is -0.488 e. The van der Waals surface area contributed by atoms with Crippen molar-refractivity contribution in [2.45, 2.75) is 63.6 Å². The van der Waals surface area contributed by atoms with Gasteiger partial charge in [0.05, 0.1) is 23.9 Å². The van der Waals surface area contributed by atoms with Crippen LogP contribution in [0.15, 0.2) is 79.1 Å². The molecule has 44 heavy (non-hydrogen) atoms. The fourth-order valence-corrected chi connectivity index (χ4v) is 6.04. The Morgan fingerprint density at radius 2 is 1.82 bits per heavy atom. The van der Waals surface area contributed by atoms with Crippen LogP contribution >= 0.6 is 0 Å². The number of nitrogens with one attached hydrogen (secondary N) is 1. The predicted octanol–water partition coefficient (Wildman–Crippen LogP) is 5.53. The first-order valence-corrected chi connectivity index (χ1v) is 15.1. The second-order valence-corrected chi connectivity index (χ2v) is 11.1. The molecule has 2 N–H and O–H groups in total. The lowest BCUT2D eigenvalue weighted by molar-refractivity contribution is -0.149. The number of rotatable bonds is 12. The van der Waals surface area contributed by atoms with Gasteiger partial charge < -0.3 is 19.3 Å². The summed E-state index contributed by atoms with van der Waals surface area (Å²) >= 11 is 0. The number of unbranched alkanes of at least 4 members (excludes halogenated alkanes) is 3. The average Bonchev–Trinajstić information content (AvgIpc) is 3.82. The van der Waals surface area contributed by atoms with E-state index in [2.05, 4.69) is 27.5 Å². The zero-order valence-corrected chi connectivity index (χ0v) is 24.5. The van der Waals surface area contributed by atoms with Crippen molar-refractivity contribution < 1.29 is 19.4 Å². The van der Waals surface area contributed by atoms with Gasteiger partial charge in [-0.2, -0.15) is 5.21 Å². The van der Waals surface area contributed by atoms with E-state index in [-0.39, 0.29) is 18.9 Å². The van der Waals surface area contributed by atoms with Crippen molar-refractivity contribution in [1.82, 2.24) is 35.1 Å². The molecule has 5 aromatic rings. The summed E-state index contributed by atoms with van der Waals surface area (Å²) in [6.07, 6.45) is 6.08. The summed E-state index contributed by atoms with van der Waals surface area (Å²) in [7, 11) is 0. The summed E-state index contributed by atoms with van der Waals surface area (Å²) in [6, 6.07) is 21.5. The summed E-state index contributed by atoms with van der Waals surface area (Å²) in [5.74, 6) is -0.0944. The highest BCUT2D eigenvalue weighted by Crippen LogP contribution is 2.34. The molecular weight excluding hydrogens is 558 g/mol. The number of tetrazole rings is 1. The number of carbonyl (C=O) groups excluding carboxylic acids is 1. The van der Waals surface area contributed by atoms with Crippen molar-refractivity contribution in [3.8, 4) is 28.3 Å². The molecule has 11 nitrogen and oxygen atoms in total. The van der Waals surface area contributed by atoms with Gasteiger partial charge in [-0.05, 0) is 47.0 Å². The van der Waals surface area contributed by atoms with Gasteiger partial charge in [-0.15, -0.1) is 10.2 Å². The maximum atomic E-state index is 14.3. The molecule has 1 saturated heterocycles. The number of aromatic nitrogens is 6. The van der Waals surface area contributed by atoms with E-state index in [1.165, 1.54) is 4.90 Å². The Bertz CT molecular complexity index is 1720. The van der Waals surface area contributed by atoms with Crippen LogP contribution in [0.1, 0.15) is 51.5 Å². The van der Waals surface area contributed by atoms with Crippen molar-refractivity contribution in [3.05, 3.63) is 79.1 Å². The number of aliphatic carboxylic acids is 1. The predicted molar refractivity (Wildman–Crippen MR) is 165 cm³/mol. The van der Waals surface area contributed by atoms with Gasteiger partial charge in [0.1, 0.15) is 23.9 Å². The number of fused-ring (bicyclic) bond motifs is 1. The molecule has 11 heteroatoms. The molecule has 1 fully saturated rings. The van der Waals surface area contributed by atoms with E-state index in [0.717, 1.165) is 53.4 Å². The molecule has 1 aliphatic heterocycles. The number of nitrogens with zero attached hydrogens (tertiary/aromatic N) is 6. The number of ether oxygens (including phenoxy) is 1. The fourth-order valence-electron chi connectivity index (χ4n) is 6.04. The molecular formula is C33H35N7O4. The first kappa shape index (κ1) is 29.0. The monoisotopic (exact) mass is 593 g/mol. The van der Waals surface area contributed by atoms with Crippen molar-refractivity contribution in [1.29, 1.82) is 0 Å². The van der Waals surface area contributed by atoms with Gasteiger partial charge in [-0.25, -0.2) is 9.78 Å². The summed E-state index contributed by atoms with van der Waals surface area (Å²) < 4.78 is 8.00. The molecule has 0 bridgehead atoms. The Kier molecular flexibility index (Phi) is 8.62. The number of aromatic amines is 1. The third kappa shape index (κ3) is 6.03. The van der Waals surface area contributed by atoms with Gasteiger partial charge >= 0.3 is 5.97 Å².